The van der Waals surface area contributed by atoms with Crippen LogP contribution in [0.1, 0.15) is 40.4 Å². The number of halogens is 1. The van der Waals surface area contributed by atoms with Gasteiger partial charge in [-0.05, 0) is 31.4 Å². The Kier molecular flexibility index (Phi) is 5.24. The Hall–Kier alpha value is -2.57. The van der Waals surface area contributed by atoms with Gasteiger partial charge < -0.3 is 19.2 Å². The molecule has 1 amide bonds. The maximum atomic E-state index is 12.9. The topological polar surface area (TPSA) is 64.9 Å². The van der Waals surface area contributed by atoms with Gasteiger partial charge in [0.25, 0.3) is 5.91 Å². The van der Waals surface area contributed by atoms with Gasteiger partial charge >= 0.3 is 0 Å². The molecule has 1 aliphatic rings. The lowest BCUT2D eigenvalue weighted by Crippen LogP contribution is -2.14. The lowest BCUT2D eigenvalue weighted by molar-refractivity contribution is 0.0846. The van der Waals surface area contributed by atoms with Crippen LogP contribution in [0.15, 0.2) is 36.7 Å². The number of rotatable bonds is 4. The normalized spacial score (nSPS) is 15.0. The zero-order valence-corrected chi connectivity index (χ0v) is 16.6. The molecule has 1 aliphatic heterocycles. The number of hydrogen-bond acceptors (Lipinski definition) is 4. The molecule has 3 aromatic rings. The summed E-state index contributed by atoms with van der Waals surface area (Å²) in [5, 5.41) is 3.40. The number of carbonyl (C=O) groups excluding carboxylic acids is 1. The maximum absolute atomic E-state index is 12.9. The number of amides is 1. The lowest BCUT2D eigenvalue weighted by atomic mass is 9.97. The SMILES string of the molecule is COc1cc2nc(C3CCOCC3)cn2cc1C(=O)Nc1cccc(C)c1Cl. The van der Waals surface area contributed by atoms with Gasteiger partial charge in [-0.25, -0.2) is 4.98 Å². The van der Waals surface area contributed by atoms with Crippen LogP contribution in [0.4, 0.5) is 5.69 Å². The fourth-order valence-electron chi connectivity index (χ4n) is 3.50. The molecule has 0 spiro atoms. The first-order valence-corrected chi connectivity index (χ1v) is 9.65. The summed E-state index contributed by atoms with van der Waals surface area (Å²) in [5.74, 6) is 0.563. The molecule has 1 N–H and O–H groups in total. The van der Waals surface area contributed by atoms with Gasteiger partial charge in [0, 0.05) is 37.6 Å². The Labute approximate surface area is 168 Å². The van der Waals surface area contributed by atoms with Crippen LogP contribution in [0.2, 0.25) is 5.02 Å². The predicted molar refractivity (Wildman–Crippen MR) is 109 cm³/mol. The standard InChI is InChI=1S/C21H22ClN3O3/c1-13-4-3-5-16(20(13)22)24-21(26)15-11-25-12-17(14-6-8-28-9-7-14)23-19(25)10-18(15)27-2/h3-5,10-12,14H,6-9H2,1-2H3,(H,24,26). The molecular formula is C21H22ClN3O3. The highest BCUT2D eigenvalue weighted by Gasteiger charge is 2.21. The molecule has 2 aromatic heterocycles. The van der Waals surface area contributed by atoms with Crippen LogP contribution >= 0.6 is 11.6 Å². The Morgan fingerprint density at radius 3 is 2.86 bits per heavy atom. The van der Waals surface area contributed by atoms with Crippen LogP contribution in [0.25, 0.3) is 5.65 Å². The molecule has 1 aromatic carbocycles. The summed E-state index contributed by atoms with van der Waals surface area (Å²) in [7, 11) is 1.55. The smallest absolute Gasteiger partial charge is 0.260 e. The van der Waals surface area contributed by atoms with Crippen molar-refractivity contribution in [2.45, 2.75) is 25.7 Å². The van der Waals surface area contributed by atoms with Gasteiger partial charge in [-0.3, -0.25) is 4.79 Å². The van der Waals surface area contributed by atoms with Crippen molar-refractivity contribution in [3.05, 3.63) is 58.5 Å². The number of pyridine rings is 1. The van der Waals surface area contributed by atoms with Crippen molar-refractivity contribution in [2.75, 3.05) is 25.6 Å². The molecular weight excluding hydrogens is 378 g/mol. The van der Waals surface area contributed by atoms with E-state index in [0.717, 1.165) is 43.0 Å². The quantitative estimate of drug-likeness (QED) is 0.703. The van der Waals surface area contributed by atoms with Gasteiger partial charge in [0.05, 0.1) is 29.1 Å². The van der Waals surface area contributed by atoms with E-state index in [-0.39, 0.29) is 5.91 Å². The van der Waals surface area contributed by atoms with Crippen molar-refractivity contribution in [2.24, 2.45) is 0 Å². The van der Waals surface area contributed by atoms with Crippen LogP contribution in [0, 0.1) is 6.92 Å². The minimum absolute atomic E-state index is 0.285. The molecule has 3 heterocycles. The van der Waals surface area contributed by atoms with E-state index in [9.17, 15) is 4.79 Å². The number of fused-ring (bicyclic) bond motifs is 1. The third kappa shape index (κ3) is 3.57. The van der Waals surface area contributed by atoms with Crippen molar-refractivity contribution < 1.29 is 14.3 Å². The summed E-state index contributed by atoms with van der Waals surface area (Å²) in [5.41, 5.74) is 3.66. The summed E-state index contributed by atoms with van der Waals surface area (Å²) in [6, 6.07) is 7.32. The Morgan fingerprint density at radius 2 is 2.11 bits per heavy atom. The number of hydrogen-bond donors (Lipinski definition) is 1. The van der Waals surface area contributed by atoms with Crippen molar-refractivity contribution in [3.63, 3.8) is 0 Å². The summed E-state index contributed by atoms with van der Waals surface area (Å²) in [6.07, 6.45) is 5.66. The first-order valence-electron chi connectivity index (χ1n) is 9.27. The molecule has 0 radical (unpaired) electrons. The number of aryl methyl sites for hydroxylation is 1. The first-order chi connectivity index (χ1) is 13.6. The number of nitrogens with zero attached hydrogens (tertiary/aromatic N) is 2. The molecule has 0 atom stereocenters. The molecule has 1 saturated heterocycles. The highest BCUT2D eigenvalue weighted by molar-refractivity contribution is 6.34. The van der Waals surface area contributed by atoms with E-state index in [2.05, 4.69) is 5.32 Å². The van der Waals surface area contributed by atoms with Gasteiger partial charge in [0.1, 0.15) is 11.4 Å². The lowest BCUT2D eigenvalue weighted by Gasteiger charge is -2.19. The van der Waals surface area contributed by atoms with Crippen molar-refractivity contribution in [1.82, 2.24) is 9.38 Å². The largest absolute Gasteiger partial charge is 0.496 e. The molecule has 7 heteroatoms. The summed E-state index contributed by atoms with van der Waals surface area (Å²) < 4.78 is 12.8. The minimum Gasteiger partial charge on any atom is -0.496 e. The molecule has 4 rings (SSSR count). The number of imidazole rings is 1. The number of methoxy groups -OCH3 is 1. The number of ether oxygens (including phenoxy) is 2. The van der Waals surface area contributed by atoms with Crippen LogP contribution in [0.3, 0.4) is 0 Å². The van der Waals surface area contributed by atoms with Crippen molar-refractivity contribution >= 4 is 28.8 Å². The molecule has 6 nitrogen and oxygen atoms in total. The number of aromatic nitrogens is 2. The zero-order valence-electron chi connectivity index (χ0n) is 15.9. The average Bonchev–Trinajstić information content (AvgIpc) is 3.14. The van der Waals surface area contributed by atoms with Gasteiger partial charge in [-0.1, -0.05) is 23.7 Å². The van der Waals surface area contributed by atoms with E-state index in [0.29, 0.717) is 27.9 Å². The van der Waals surface area contributed by atoms with Crippen LogP contribution in [0.5, 0.6) is 5.75 Å². The summed E-state index contributed by atoms with van der Waals surface area (Å²) in [6.45, 7) is 3.41. The second kappa shape index (κ2) is 7.81. The Balaban J connectivity index is 1.67. The molecule has 0 saturated carbocycles. The molecule has 1 fully saturated rings. The molecule has 0 aliphatic carbocycles. The Bertz CT molecular complexity index is 1030. The van der Waals surface area contributed by atoms with Crippen LogP contribution in [-0.2, 0) is 4.74 Å². The maximum Gasteiger partial charge on any atom is 0.260 e. The average molecular weight is 400 g/mol. The zero-order chi connectivity index (χ0) is 19.7. The molecule has 28 heavy (non-hydrogen) atoms. The van der Waals surface area contributed by atoms with Crippen LogP contribution in [-0.4, -0.2) is 35.6 Å². The summed E-state index contributed by atoms with van der Waals surface area (Å²) in [4.78, 5) is 17.6. The van der Waals surface area contributed by atoms with Gasteiger partial charge in [-0.2, -0.15) is 0 Å². The highest BCUT2D eigenvalue weighted by Crippen LogP contribution is 2.30. The number of carbonyl (C=O) groups is 1. The number of anilines is 1. The third-order valence-corrected chi connectivity index (χ3v) is 5.62. The minimum atomic E-state index is -0.285. The Morgan fingerprint density at radius 1 is 1.32 bits per heavy atom. The van der Waals surface area contributed by atoms with Crippen molar-refractivity contribution in [1.29, 1.82) is 0 Å². The second-order valence-electron chi connectivity index (χ2n) is 6.96. The molecule has 0 bridgehead atoms. The fraction of sp³-hybridized carbons (Fsp3) is 0.333. The summed E-state index contributed by atoms with van der Waals surface area (Å²) >= 11 is 6.31. The number of benzene rings is 1. The fourth-order valence-corrected chi connectivity index (χ4v) is 3.67. The van der Waals surface area contributed by atoms with Crippen LogP contribution < -0.4 is 10.1 Å². The monoisotopic (exact) mass is 399 g/mol. The van der Waals surface area contributed by atoms with E-state index in [1.165, 1.54) is 0 Å². The number of nitrogens with one attached hydrogen (secondary N) is 1. The predicted octanol–water partition coefficient (Wildman–Crippen LogP) is 4.45. The molecule has 146 valence electrons. The van der Waals surface area contributed by atoms with Gasteiger partial charge in [0.2, 0.25) is 0 Å². The molecule has 0 unspecified atom stereocenters. The van der Waals surface area contributed by atoms with E-state index < -0.39 is 0 Å². The third-order valence-electron chi connectivity index (χ3n) is 5.12. The van der Waals surface area contributed by atoms with E-state index in [1.807, 2.05) is 29.7 Å². The van der Waals surface area contributed by atoms with E-state index in [1.54, 1.807) is 25.4 Å². The van der Waals surface area contributed by atoms with Crippen molar-refractivity contribution in [3.8, 4) is 5.75 Å². The van der Waals surface area contributed by atoms with E-state index >= 15 is 0 Å². The first kappa shape index (κ1) is 18.8. The van der Waals surface area contributed by atoms with Gasteiger partial charge in [-0.15, -0.1) is 0 Å². The van der Waals surface area contributed by atoms with E-state index in [4.69, 9.17) is 26.1 Å². The van der Waals surface area contributed by atoms with Gasteiger partial charge in [0.15, 0.2) is 0 Å². The second-order valence-corrected chi connectivity index (χ2v) is 7.34. The highest BCUT2D eigenvalue weighted by atomic mass is 35.5.